The Morgan fingerprint density at radius 3 is 2.30 bits per heavy atom. The molecule has 1 fully saturated rings. The maximum absolute atomic E-state index is 13.7. The van der Waals surface area contributed by atoms with Gasteiger partial charge in [0.15, 0.2) is 11.5 Å². The summed E-state index contributed by atoms with van der Waals surface area (Å²) >= 11 is 6.24. The van der Waals surface area contributed by atoms with E-state index in [-0.39, 0.29) is 11.9 Å². The van der Waals surface area contributed by atoms with Crippen molar-refractivity contribution in [2.45, 2.75) is 44.6 Å². The average molecular weight is 519 g/mol. The molecule has 0 aromatic heterocycles. The van der Waals surface area contributed by atoms with E-state index in [2.05, 4.69) is 11.0 Å². The smallest absolute Gasteiger partial charge is 0.232 e. The fourth-order valence-electron chi connectivity index (χ4n) is 5.57. The van der Waals surface area contributed by atoms with Crippen LogP contribution in [0.2, 0.25) is 5.02 Å². The summed E-state index contributed by atoms with van der Waals surface area (Å²) in [6, 6.07) is 19.7. The van der Waals surface area contributed by atoms with Gasteiger partial charge in [-0.3, -0.25) is 4.79 Å². The number of ether oxygens (including phenoxy) is 2. The third-order valence-electron chi connectivity index (χ3n) is 7.62. The summed E-state index contributed by atoms with van der Waals surface area (Å²) in [5.74, 6) is 2.04. The molecule has 1 saturated carbocycles. The lowest BCUT2D eigenvalue weighted by atomic mass is 9.86. The second-order valence-electron chi connectivity index (χ2n) is 10.3. The lowest BCUT2D eigenvalue weighted by molar-refractivity contribution is -0.118. The Morgan fingerprint density at radius 1 is 0.946 bits per heavy atom. The van der Waals surface area contributed by atoms with Gasteiger partial charge in [0.05, 0.1) is 26.2 Å². The molecule has 5 nitrogen and oxygen atoms in total. The van der Waals surface area contributed by atoms with Crippen molar-refractivity contribution >= 4 is 28.9 Å². The fraction of sp³-hybridized carbons (Fsp3) is 0.387. The lowest BCUT2D eigenvalue weighted by Crippen LogP contribution is -2.41. The molecule has 3 aromatic carbocycles. The molecule has 1 aliphatic heterocycles. The number of anilines is 2. The van der Waals surface area contributed by atoms with Crippen LogP contribution in [0.5, 0.6) is 11.5 Å². The van der Waals surface area contributed by atoms with Crippen LogP contribution in [0.4, 0.5) is 11.4 Å². The summed E-state index contributed by atoms with van der Waals surface area (Å²) in [7, 11) is 5.68. The molecule has 3 aromatic rings. The second kappa shape index (κ2) is 11.1. The highest BCUT2D eigenvalue weighted by atomic mass is 35.5. The maximum Gasteiger partial charge on any atom is 0.232 e. The number of nitrogens with zero attached hydrogens (tertiary/aromatic N) is 2. The van der Waals surface area contributed by atoms with Crippen LogP contribution in [0.1, 0.15) is 54.8 Å². The monoisotopic (exact) mass is 518 g/mol. The van der Waals surface area contributed by atoms with E-state index in [1.807, 2.05) is 73.6 Å². The average Bonchev–Trinajstić information content (AvgIpc) is 2.92. The molecule has 194 valence electrons. The zero-order valence-electron chi connectivity index (χ0n) is 21.9. The van der Waals surface area contributed by atoms with Crippen LogP contribution in [0.15, 0.2) is 60.7 Å². The van der Waals surface area contributed by atoms with Crippen LogP contribution >= 0.6 is 11.6 Å². The van der Waals surface area contributed by atoms with Crippen LogP contribution in [0.25, 0.3) is 0 Å². The first-order chi connectivity index (χ1) is 17.9. The second-order valence-corrected chi connectivity index (χ2v) is 10.8. The summed E-state index contributed by atoms with van der Waals surface area (Å²) in [5.41, 5.74) is 4.96. The number of hydrogen-bond donors (Lipinski definition) is 0. The van der Waals surface area contributed by atoms with Crippen LogP contribution in [0, 0.1) is 5.92 Å². The van der Waals surface area contributed by atoms with Gasteiger partial charge in [0.25, 0.3) is 0 Å². The Balaban J connectivity index is 1.57. The van der Waals surface area contributed by atoms with E-state index in [1.54, 1.807) is 7.11 Å². The minimum absolute atomic E-state index is 0.0444. The SMILES string of the molecule is COc1cc2c(cc1OCC1CCCCC1)C(c1ccc(Cl)cc1)N(c1ccc(N(C)C)cc1)C(=O)C2. The molecule has 37 heavy (non-hydrogen) atoms. The zero-order chi connectivity index (χ0) is 25.9. The summed E-state index contributed by atoms with van der Waals surface area (Å²) in [6.45, 7) is 0.690. The summed E-state index contributed by atoms with van der Waals surface area (Å²) in [5, 5.41) is 0.666. The molecule has 0 spiro atoms. The van der Waals surface area contributed by atoms with Gasteiger partial charge in [0.1, 0.15) is 0 Å². The van der Waals surface area contributed by atoms with Gasteiger partial charge < -0.3 is 19.3 Å². The van der Waals surface area contributed by atoms with Gasteiger partial charge in [-0.25, -0.2) is 0 Å². The molecule has 5 rings (SSSR count). The van der Waals surface area contributed by atoms with Crippen LogP contribution < -0.4 is 19.3 Å². The molecule has 1 unspecified atom stereocenters. The van der Waals surface area contributed by atoms with E-state index >= 15 is 0 Å². The molecule has 0 bridgehead atoms. The van der Waals surface area contributed by atoms with Gasteiger partial charge in [-0.1, -0.05) is 43.0 Å². The molecule has 0 saturated heterocycles. The highest BCUT2D eigenvalue weighted by molar-refractivity contribution is 6.30. The largest absolute Gasteiger partial charge is 0.493 e. The number of hydrogen-bond acceptors (Lipinski definition) is 4. The number of carbonyl (C=O) groups excluding carboxylic acids is 1. The molecule has 0 N–H and O–H groups in total. The van der Waals surface area contributed by atoms with Gasteiger partial charge in [0.2, 0.25) is 5.91 Å². The van der Waals surface area contributed by atoms with Gasteiger partial charge >= 0.3 is 0 Å². The topological polar surface area (TPSA) is 42.0 Å². The van der Waals surface area contributed by atoms with E-state index < -0.39 is 0 Å². The molecule has 1 heterocycles. The van der Waals surface area contributed by atoms with Crippen LogP contribution in [-0.4, -0.2) is 33.7 Å². The molecular weight excluding hydrogens is 484 g/mol. The van der Waals surface area contributed by atoms with Gasteiger partial charge in [0, 0.05) is 30.5 Å². The number of rotatable bonds is 7. The summed E-state index contributed by atoms with van der Waals surface area (Å²) < 4.78 is 12.1. The predicted molar refractivity (Wildman–Crippen MR) is 150 cm³/mol. The first-order valence-electron chi connectivity index (χ1n) is 13.1. The van der Waals surface area contributed by atoms with Crippen molar-refractivity contribution in [2.24, 2.45) is 5.92 Å². The van der Waals surface area contributed by atoms with Gasteiger partial charge in [-0.05, 0) is 84.0 Å². The highest BCUT2D eigenvalue weighted by Crippen LogP contribution is 2.44. The van der Waals surface area contributed by atoms with Crippen molar-refractivity contribution in [3.8, 4) is 11.5 Å². The van der Waals surface area contributed by atoms with Crippen molar-refractivity contribution in [3.05, 3.63) is 82.4 Å². The zero-order valence-corrected chi connectivity index (χ0v) is 22.6. The van der Waals surface area contributed by atoms with Crippen molar-refractivity contribution in [1.29, 1.82) is 0 Å². The number of benzene rings is 3. The first-order valence-corrected chi connectivity index (χ1v) is 13.5. The molecular formula is C31H35ClN2O3. The van der Waals surface area contributed by atoms with E-state index in [9.17, 15) is 4.79 Å². The highest BCUT2D eigenvalue weighted by Gasteiger charge is 2.36. The Morgan fingerprint density at radius 2 is 1.65 bits per heavy atom. The Kier molecular flexibility index (Phi) is 7.61. The van der Waals surface area contributed by atoms with Gasteiger partial charge in [-0.15, -0.1) is 0 Å². The number of halogens is 1. The third-order valence-corrected chi connectivity index (χ3v) is 7.87. The Labute approximate surface area is 224 Å². The quantitative estimate of drug-likeness (QED) is 0.336. The first kappa shape index (κ1) is 25.5. The van der Waals surface area contributed by atoms with Crippen LogP contribution in [0.3, 0.4) is 0 Å². The van der Waals surface area contributed by atoms with Crippen molar-refractivity contribution in [2.75, 3.05) is 37.6 Å². The van der Waals surface area contributed by atoms with Crippen molar-refractivity contribution in [3.63, 3.8) is 0 Å². The number of methoxy groups -OCH3 is 1. The lowest BCUT2D eigenvalue weighted by Gasteiger charge is -2.38. The molecule has 2 aliphatic rings. The summed E-state index contributed by atoms with van der Waals surface area (Å²) in [4.78, 5) is 17.6. The fourth-order valence-corrected chi connectivity index (χ4v) is 5.69. The number of fused-ring (bicyclic) bond motifs is 1. The molecule has 1 amide bonds. The molecule has 1 aliphatic carbocycles. The van der Waals surface area contributed by atoms with Crippen LogP contribution in [-0.2, 0) is 11.2 Å². The van der Waals surface area contributed by atoms with E-state index in [4.69, 9.17) is 21.1 Å². The van der Waals surface area contributed by atoms with E-state index in [0.29, 0.717) is 29.7 Å². The number of amides is 1. The molecule has 6 heteroatoms. The molecule has 1 atom stereocenters. The van der Waals surface area contributed by atoms with E-state index in [0.717, 1.165) is 33.8 Å². The standard InChI is InChI=1S/C31H35ClN2O3/c1-33(2)25-13-15-26(16-14-25)34-30(35)18-23-17-28(36-3)29(37-20-21-7-5-4-6-8-21)19-27(23)31(34)22-9-11-24(32)12-10-22/h9-17,19,21,31H,4-8,18,20H2,1-3H3. The third kappa shape index (κ3) is 5.42. The molecule has 0 radical (unpaired) electrons. The van der Waals surface area contributed by atoms with Crippen molar-refractivity contribution in [1.82, 2.24) is 0 Å². The maximum atomic E-state index is 13.7. The minimum Gasteiger partial charge on any atom is -0.493 e. The summed E-state index contributed by atoms with van der Waals surface area (Å²) in [6.07, 6.45) is 6.60. The van der Waals surface area contributed by atoms with Crippen molar-refractivity contribution < 1.29 is 14.3 Å². The Bertz CT molecular complexity index is 1230. The van der Waals surface area contributed by atoms with E-state index in [1.165, 1.54) is 32.1 Å². The predicted octanol–water partition coefficient (Wildman–Crippen LogP) is 7.05. The number of carbonyl (C=O) groups is 1. The van der Waals surface area contributed by atoms with Gasteiger partial charge in [-0.2, -0.15) is 0 Å². The Hall–Kier alpha value is -3.18. The minimum atomic E-state index is -0.304. The normalized spacial score (nSPS) is 17.9.